The van der Waals surface area contributed by atoms with Crippen LogP contribution in [-0.4, -0.2) is 27.1 Å². The molecule has 0 atom stereocenters. The van der Waals surface area contributed by atoms with E-state index in [0.29, 0.717) is 20.1 Å². The number of H-pyrrole nitrogens is 1. The Morgan fingerprint density at radius 3 is 2.35 bits per heavy atom. The SMILES string of the molecule is Nc1[nH]c(=O)c(C(=O)O)c(-c2cc(Br)ccc2OCc2ccc(Cl)cc2Cl)c1C(=O)O. The van der Waals surface area contributed by atoms with E-state index in [1.165, 1.54) is 18.2 Å². The number of carbonyl (C=O) groups is 2. The van der Waals surface area contributed by atoms with Crippen LogP contribution in [0.15, 0.2) is 45.7 Å². The average molecular weight is 528 g/mol. The number of nitrogens with two attached hydrogens (primary N) is 1. The van der Waals surface area contributed by atoms with Gasteiger partial charge in [0.2, 0.25) is 0 Å². The molecular formula is C20H13BrCl2N2O6. The Bertz CT molecular complexity index is 1280. The Hall–Kier alpha value is -3.01. The minimum absolute atomic E-state index is 0.0336. The number of nitrogens with one attached hydrogen (secondary N) is 1. The molecule has 5 N–H and O–H groups in total. The summed E-state index contributed by atoms with van der Waals surface area (Å²) < 4.78 is 6.31. The van der Waals surface area contributed by atoms with E-state index < -0.39 is 34.4 Å². The molecule has 8 nitrogen and oxygen atoms in total. The molecule has 0 fully saturated rings. The van der Waals surface area contributed by atoms with Gasteiger partial charge in [0.05, 0.1) is 0 Å². The molecule has 160 valence electrons. The predicted octanol–water partition coefficient (Wildman–Crippen LogP) is 4.67. The minimum atomic E-state index is -1.62. The molecule has 0 aliphatic carbocycles. The molecule has 0 unspecified atom stereocenters. The van der Waals surface area contributed by atoms with Gasteiger partial charge in [-0.05, 0) is 30.3 Å². The summed E-state index contributed by atoms with van der Waals surface area (Å²) in [7, 11) is 0. The van der Waals surface area contributed by atoms with Gasteiger partial charge in [0.1, 0.15) is 29.3 Å². The highest BCUT2D eigenvalue weighted by atomic mass is 79.9. The van der Waals surface area contributed by atoms with E-state index in [0.717, 1.165) is 0 Å². The van der Waals surface area contributed by atoms with Crippen molar-refractivity contribution in [3.8, 4) is 16.9 Å². The Kier molecular flexibility index (Phi) is 6.59. The maximum atomic E-state index is 12.3. The third kappa shape index (κ3) is 4.68. The van der Waals surface area contributed by atoms with Gasteiger partial charge in [0.15, 0.2) is 0 Å². The summed E-state index contributed by atoms with van der Waals surface area (Å²) in [4.78, 5) is 38.1. The molecule has 0 bridgehead atoms. The van der Waals surface area contributed by atoms with Crippen LogP contribution in [0.4, 0.5) is 5.82 Å². The van der Waals surface area contributed by atoms with Crippen LogP contribution in [0.5, 0.6) is 5.75 Å². The lowest BCUT2D eigenvalue weighted by atomic mass is 9.94. The minimum Gasteiger partial charge on any atom is -0.488 e. The summed E-state index contributed by atoms with van der Waals surface area (Å²) in [6.07, 6.45) is 0. The smallest absolute Gasteiger partial charge is 0.342 e. The molecular weight excluding hydrogens is 515 g/mol. The number of carboxylic acid groups (broad SMARTS) is 2. The fourth-order valence-corrected chi connectivity index (χ4v) is 3.76. The number of pyridine rings is 1. The van der Waals surface area contributed by atoms with Crippen molar-refractivity contribution >= 4 is 56.9 Å². The van der Waals surface area contributed by atoms with Crippen LogP contribution in [0.25, 0.3) is 11.1 Å². The molecule has 2 aromatic carbocycles. The van der Waals surface area contributed by atoms with Crippen molar-refractivity contribution < 1.29 is 24.5 Å². The first kappa shape index (κ1) is 22.7. The lowest BCUT2D eigenvalue weighted by Gasteiger charge is -2.17. The molecule has 3 aromatic rings. The Balaban J connectivity index is 2.22. The number of ether oxygens (including phenoxy) is 1. The number of nitrogen functional groups attached to an aromatic ring is 1. The number of carboxylic acids is 2. The molecule has 0 saturated carbocycles. The van der Waals surface area contributed by atoms with Crippen LogP contribution in [0.2, 0.25) is 10.0 Å². The largest absolute Gasteiger partial charge is 0.488 e. The van der Waals surface area contributed by atoms with Gasteiger partial charge in [-0.1, -0.05) is 45.2 Å². The van der Waals surface area contributed by atoms with E-state index in [4.69, 9.17) is 33.7 Å². The third-order valence-corrected chi connectivity index (χ3v) is 5.36. The molecule has 0 aliphatic rings. The van der Waals surface area contributed by atoms with E-state index in [1.54, 1.807) is 18.2 Å². The Morgan fingerprint density at radius 1 is 1.06 bits per heavy atom. The van der Waals surface area contributed by atoms with E-state index >= 15 is 0 Å². The number of benzene rings is 2. The molecule has 11 heteroatoms. The van der Waals surface area contributed by atoms with Crippen molar-refractivity contribution in [2.24, 2.45) is 0 Å². The van der Waals surface area contributed by atoms with Crippen LogP contribution >= 0.6 is 39.1 Å². The number of hydrogen-bond acceptors (Lipinski definition) is 5. The van der Waals surface area contributed by atoms with Gasteiger partial charge in [0.25, 0.3) is 5.56 Å². The molecule has 3 rings (SSSR count). The lowest BCUT2D eigenvalue weighted by molar-refractivity contribution is 0.0695. The summed E-state index contributed by atoms with van der Waals surface area (Å²) in [6, 6.07) is 9.35. The standard InChI is InChI=1S/C20H13BrCl2N2O6/c21-9-2-4-13(31-7-8-1-3-10(22)6-12(8)23)11(5-9)14-15(19(27)28)17(24)25-18(26)16(14)20(29)30/h1-6H,7H2,(H,27,28)(H,29,30)(H3,24,25,26). The van der Waals surface area contributed by atoms with Gasteiger partial charge in [0, 0.05) is 31.2 Å². The zero-order valence-electron chi connectivity index (χ0n) is 15.4. The quantitative estimate of drug-likeness (QED) is 0.364. The van der Waals surface area contributed by atoms with Crippen LogP contribution in [-0.2, 0) is 6.61 Å². The summed E-state index contributed by atoms with van der Waals surface area (Å²) in [6.45, 7) is -0.0336. The van der Waals surface area contributed by atoms with Crippen LogP contribution < -0.4 is 16.0 Å². The number of aromatic amines is 1. The molecule has 1 heterocycles. The first-order valence-corrected chi connectivity index (χ1v) is 10.0. The van der Waals surface area contributed by atoms with Gasteiger partial charge in [-0.25, -0.2) is 9.59 Å². The summed E-state index contributed by atoms with van der Waals surface area (Å²) in [5, 5.41) is 20.0. The van der Waals surface area contributed by atoms with Gasteiger partial charge >= 0.3 is 11.9 Å². The van der Waals surface area contributed by atoms with E-state index in [2.05, 4.69) is 20.9 Å². The van der Waals surface area contributed by atoms with Crippen molar-refractivity contribution in [3.63, 3.8) is 0 Å². The van der Waals surface area contributed by atoms with Gasteiger partial charge < -0.3 is 25.7 Å². The van der Waals surface area contributed by atoms with Gasteiger partial charge in [-0.15, -0.1) is 0 Å². The summed E-state index contributed by atoms with van der Waals surface area (Å²) in [5.74, 6) is -3.50. The van der Waals surface area contributed by atoms with Crippen molar-refractivity contribution in [3.05, 3.63) is 78.0 Å². The summed E-state index contributed by atoms with van der Waals surface area (Å²) in [5.41, 5.74) is 3.57. The van der Waals surface area contributed by atoms with Crippen LogP contribution in [0.3, 0.4) is 0 Å². The second kappa shape index (κ2) is 9.01. The Morgan fingerprint density at radius 2 is 1.74 bits per heavy atom. The maximum Gasteiger partial charge on any atom is 0.342 e. The average Bonchev–Trinajstić information content (AvgIpc) is 2.66. The summed E-state index contributed by atoms with van der Waals surface area (Å²) >= 11 is 15.3. The van der Waals surface area contributed by atoms with E-state index in [1.807, 2.05) is 0 Å². The molecule has 0 amide bonds. The number of anilines is 1. The normalized spacial score (nSPS) is 10.7. The highest BCUT2D eigenvalue weighted by molar-refractivity contribution is 9.10. The highest BCUT2D eigenvalue weighted by Gasteiger charge is 2.28. The number of rotatable bonds is 6. The Labute approximate surface area is 193 Å². The molecule has 0 spiro atoms. The predicted molar refractivity (Wildman–Crippen MR) is 119 cm³/mol. The van der Waals surface area contributed by atoms with Crippen LogP contribution in [0.1, 0.15) is 26.3 Å². The first-order chi connectivity index (χ1) is 14.6. The molecule has 31 heavy (non-hydrogen) atoms. The van der Waals surface area contributed by atoms with E-state index in [-0.39, 0.29) is 23.5 Å². The van der Waals surface area contributed by atoms with Gasteiger partial charge in [-0.2, -0.15) is 0 Å². The maximum absolute atomic E-state index is 12.3. The monoisotopic (exact) mass is 526 g/mol. The highest BCUT2D eigenvalue weighted by Crippen LogP contribution is 2.38. The van der Waals surface area contributed by atoms with Crippen molar-refractivity contribution in [1.29, 1.82) is 0 Å². The first-order valence-electron chi connectivity index (χ1n) is 8.49. The number of hydrogen-bond donors (Lipinski definition) is 4. The molecule has 1 aromatic heterocycles. The number of aromatic nitrogens is 1. The topological polar surface area (TPSA) is 143 Å². The van der Waals surface area contributed by atoms with Gasteiger partial charge in [-0.3, -0.25) is 4.79 Å². The van der Waals surface area contributed by atoms with Crippen molar-refractivity contribution in [1.82, 2.24) is 4.98 Å². The zero-order chi connectivity index (χ0) is 22.9. The second-order valence-corrected chi connectivity index (χ2v) is 8.03. The lowest BCUT2D eigenvalue weighted by Crippen LogP contribution is -2.24. The second-order valence-electron chi connectivity index (χ2n) is 6.27. The van der Waals surface area contributed by atoms with E-state index in [9.17, 15) is 24.6 Å². The van der Waals surface area contributed by atoms with Crippen molar-refractivity contribution in [2.75, 3.05) is 5.73 Å². The molecule has 0 aliphatic heterocycles. The molecule has 0 saturated heterocycles. The van der Waals surface area contributed by atoms with Crippen LogP contribution in [0, 0.1) is 0 Å². The number of halogens is 3. The van der Waals surface area contributed by atoms with Crippen molar-refractivity contribution in [2.45, 2.75) is 6.61 Å². The molecule has 0 radical (unpaired) electrons. The third-order valence-electron chi connectivity index (χ3n) is 4.28. The fraction of sp³-hybridized carbons (Fsp3) is 0.0500. The number of aromatic carboxylic acids is 2. The zero-order valence-corrected chi connectivity index (χ0v) is 18.5. The fourth-order valence-electron chi connectivity index (χ4n) is 2.93.